The molecule has 23 heavy (non-hydrogen) atoms. The van der Waals surface area contributed by atoms with Crippen molar-refractivity contribution in [1.82, 2.24) is 24.9 Å². The van der Waals surface area contributed by atoms with Crippen molar-refractivity contribution in [3.8, 4) is 0 Å². The van der Waals surface area contributed by atoms with Gasteiger partial charge in [-0.05, 0) is 31.5 Å². The number of carbonyl (C=O) groups is 1. The number of nitrogens with one attached hydrogen (secondary N) is 1. The fourth-order valence-electron chi connectivity index (χ4n) is 2.48. The molecule has 0 fully saturated rings. The molecule has 0 bridgehead atoms. The number of rotatable bonds is 4. The maximum absolute atomic E-state index is 12.2. The molecule has 1 amide bonds. The van der Waals surface area contributed by atoms with Crippen molar-refractivity contribution in [2.75, 3.05) is 0 Å². The van der Waals surface area contributed by atoms with Gasteiger partial charge in [0.05, 0.1) is 6.42 Å². The van der Waals surface area contributed by atoms with Crippen LogP contribution in [0.5, 0.6) is 0 Å². The molecule has 7 heteroatoms. The van der Waals surface area contributed by atoms with Crippen LogP contribution in [0.4, 0.5) is 0 Å². The van der Waals surface area contributed by atoms with E-state index in [0.717, 1.165) is 22.5 Å². The van der Waals surface area contributed by atoms with E-state index in [-0.39, 0.29) is 12.3 Å². The first-order valence-electron chi connectivity index (χ1n) is 7.21. The topological polar surface area (TPSA) is 72.2 Å². The Bertz CT molecular complexity index is 874. The van der Waals surface area contributed by atoms with Crippen LogP contribution in [0.25, 0.3) is 5.78 Å². The molecule has 0 aliphatic rings. The molecule has 1 aromatic carbocycles. The first kappa shape index (κ1) is 15.4. The third-order valence-electron chi connectivity index (χ3n) is 3.70. The van der Waals surface area contributed by atoms with Crippen molar-refractivity contribution in [1.29, 1.82) is 0 Å². The van der Waals surface area contributed by atoms with Gasteiger partial charge in [0.1, 0.15) is 6.33 Å². The summed E-state index contributed by atoms with van der Waals surface area (Å²) in [5, 5.41) is 7.68. The number of halogens is 1. The molecule has 0 radical (unpaired) electrons. The molecule has 0 saturated heterocycles. The van der Waals surface area contributed by atoms with Crippen LogP contribution in [0, 0.1) is 13.8 Å². The first-order chi connectivity index (χ1) is 11.0. The highest BCUT2D eigenvalue weighted by Crippen LogP contribution is 2.14. The van der Waals surface area contributed by atoms with E-state index in [0.29, 0.717) is 17.3 Å². The van der Waals surface area contributed by atoms with Gasteiger partial charge in [0.25, 0.3) is 5.78 Å². The third kappa shape index (κ3) is 3.32. The molecule has 3 aromatic rings. The van der Waals surface area contributed by atoms with E-state index >= 15 is 0 Å². The SMILES string of the molecule is Cc1nc2ncnn2c(C)c1CC(=O)NCc1cccc(Cl)c1. The Morgan fingerprint density at radius 3 is 2.96 bits per heavy atom. The number of aryl methyl sites for hydroxylation is 2. The van der Waals surface area contributed by atoms with Crippen LogP contribution in [0.2, 0.25) is 5.02 Å². The van der Waals surface area contributed by atoms with Crippen LogP contribution < -0.4 is 5.32 Å². The van der Waals surface area contributed by atoms with Crippen molar-refractivity contribution < 1.29 is 4.79 Å². The number of carbonyl (C=O) groups excluding carboxylic acids is 1. The summed E-state index contributed by atoms with van der Waals surface area (Å²) in [6.45, 7) is 4.23. The van der Waals surface area contributed by atoms with Gasteiger partial charge in [-0.25, -0.2) is 9.50 Å². The average molecular weight is 330 g/mol. The molecule has 2 aromatic heterocycles. The Labute approximate surface area is 138 Å². The molecule has 118 valence electrons. The molecule has 2 heterocycles. The summed E-state index contributed by atoms with van der Waals surface area (Å²) >= 11 is 5.94. The zero-order valence-electron chi connectivity index (χ0n) is 12.9. The second kappa shape index (κ2) is 6.34. The minimum absolute atomic E-state index is 0.0718. The van der Waals surface area contributed by atoms with Gasteiger partial charge in [-0.1, -0.05) is 23.7 Å². The Morgan fingerprint density at radius 2 is 2.17 bits per heavy atom. The monoisotopic (exact) mass is 329 g/mol. The Morgan fingerprint density at radius 1 is 1.35 bits per heavy atom. The number of aromatic nitrogens is 4. The van der Waals surface area contributed by atoms with Gasteiger partial charge in [-0.3, -0.25) is 4.79 Å². The standard InChI is InChI=1S/C16H16ClN5O/c1-10-14(11(2)22-16(21-10)19-9-20-22)7-15(23)18-8-12-4-3-5-13(17)6-12/h3-6,9H,7-8H2,1-2H3,(H,18,23). The smallest absolute Gasteiger partial charge is 0.252 e. The van der Waals surface area contributed by atoms with Crippen LogP contribution in [0.1, 0.15) is 22.5 Å². The van der Waals surface area contributed by atoms with E-state index in [4.69, 9.17) is 11.6 Å². The number of fused-ring (bicyclic) bond motifs is 1. The van der Waals surface area contributed by atoms with Gasteiger partial charge >= 0.3 is 0 Å². The Balaban J connectivity index is 1.73. The largest absolute Gasteiger partial charge is 0.352 e. The number of nitrogens with zero attached hydrogens (tertiary/aromatic N) is 4. The lowest BCUT2D eigenvalue weighted by molar-refractivity contribution is -0.120. The molecule has 6 nitrogen and oxygen atoms in total. The highest BCUT2D eigenvalue weighted by molar-refractivity contribution is 6.30. The number of amides is 1. The van der Waals surface area contributed by atoms with Crippen LogP contribution in [-0.4, -0.2) is 25.5 Å². The van der Waals surface area contributed by atoms with Crippen LogP contribution in [0.3, 0.4) is 0 Å². The summed E-state index contributed by atoms with van der Waals surface area (Å²) in [5.41, 5.74) is 3.50. The van der Waals surface area contributed by atoms with Crippen LogP contribution in [0.15, 0.2) is 30.6 Å². The molecule has 0 aliphatic heterocycles. The predicted molar refractivity (Wildman–Crippen MR) is 87.3 cm³/mol. The Kier molecular flexibility index (Phi) is 4.25. The normalized spacial score (nSPS) is 10.9. The van der Waals surface area contributed by atoms with E-state index in [1.165, 1.54) is 6.33 Å². The number of hydrogen-bond acceptors (Lipinski definition) is 4. The van der Waals surface area contributed by atoms with Crippen molar-refractivity contribution in [3.05, 3.63) is 58.1 Å². The van der Waals surface area contributed by atoms with E-state index in [9.17, 15) is 4.79 Å². The zero-order chi connectivity index (χ0) is 16.4. The maximum atomic E-state index is 12.2. The molecule has 3 rings (SSSR count). The summed E-state index contributed by atoms with van der Waals surface area (Å²) < 4.78 is 1.65. The Hall–Kier alpha value is -2.47. The molecule has 0 unspecified atom stereocenters. The summed E-state index contributed by atoms with van der Waals surface area (Å²) in [5.74, 6) is 0.473. The first-order valence-corrected chi connectivity index (χ1v) is 7.59. The van der Waals surface area contributed by atoms with E-state index < -0.39 is 0 Å². The summed E-state index contributed by atoms with van der Waals surface area (Å²) in [7, 11) is 0. The molecule has 0 atom stereocenters. The summed E-state index contributed by atoms with van der Waals surface area (Å²) in [6.07, 6.45) is 1.71. The van der Waals surface area contributed by atoms with Crippen molar-refractivity contribution in [3.63, 3.8) is 0 Å². The third-order valence-corrected chi connectivity index (χ3v) is 3.94. The minimum atomic E-state index is -0.0718. The molecule has 0 aliphatic carbocycles. The van der Waals surface area contributed by atoms with Gasteiger partial charge in [0.15, 0.2) is 0 Å². The summed E-state index contributed by atoms with van der Waals surface area (Å²) in [4.78, 5) is 20.7. The van der Waals surface area contributed by atoms with Crippen LogP contribution >= 0.6 is 11.6 Å². The molecular weight excluding hydrogens is 314 g/mol. The fourth-order valence-corrected chi connectivity index (χ4v) is 2.69. The lowest BCUT2D eigenvalue weighted by Gasteiger charge is -2.11. The summed E-state index contributed by atoms with van der Waals surface area (Å²) in [6, 6.07) is 7.42. The maximum Gasteiger partial charge on any atom is 0.252 e. The average Bonchev–Trinajstić information content (AvgIpc) is 2.98. The molecule has 0 saturated carbocycles. The van der Waals surface area contributed by atoms with E-state index in [1.807, 2.05) is 32.0 Å². The van der Waals surface area contributed by atoms with Gasteiger partial charge in [0.2, 0.25) is 5.91 Å². The van der Waals surface area contributed by atoms with Crippen molar-refractivity contribution in [2.24, 2.45) is 0 Å². The van der Waals surface area contributed by atoms with E-state index in [1.54, 1.807) is 10.6 Å². The van der Waals surface area contributed by atoms with Crippen LogP contribution in [-0.2, 0) is 17.8 Å². The highest BCUT2D eigenvalue weighted by Gasteiger charge is 2.14. The molecule has 0 spiro atoms. The quantitative estimate of drug-likeness (QED) is 0.797. The van der Waals surface area contributed by atoms with Gasteiger partial charge < -0.3 is 5.32 Å². The zero-order valence-corrected chi connectivity index (χ0v) is 13.6. The van der Waals surface area contributed by atoms with Crippen molar-refractivity contribution in [2.45, 2.75) is 26.8 Å². The van der Waals surface area contributed by atoms with Gasteiger partial charge in [-0.15, -0.1) is 0 Å². The second-order valence-electron chi connectivity index (χ2n) is 5.32. The van der Waals surface area contributed by atoms with Gasteiger partial charge in [-0.2, -0.15) is 10.1 Å². The lowest BCUT2D eigenvalue weighted by atomic mass is 10.1. The predicted octanol–water partition coefficient (Wildman–Crippen LogP) is 2.25. The second-order valence-corrected chi connectivity index (χ2v) is 5.75. The number of benzene rings is 1. The fraction of sp³-hybridized carbons (Fsp3) is 0.250. The van der Waals surface area contributed by atoms with E-state index in [2.05, 4.69) is 20.4 Å². The highest BCUT2D eigenvalue weighted by atomic mass is 35.5. The number of hydrogen-bond donors (Lipinski definition) is 1. The lowest BCUT2D eigenvalue weighted by Crippen LogP contribution is -2.25. The molecule has 1 N–H and O–H groups in total. The minimum Gasteiger partial charge on any atom is -0.352 e. The van der Waals surface area contributed by atoms with Crippen molar-refractivity contribution >= 4 is 23.3 Å². The van der Waals surface area contributed by atoms with Gasteiger partial charge in [0, 0.05) is 28.5 Å². The molecular formula is C16H16ClN5O.